The molecule has 0 spiro atoms. The number of sulfone groups is 1. The maximum atomic E-state index is 12.1. The molecule has 1 fully saturated rings. The number of carbonyl (C=O) groups is 1. The SMILES string of the molecule is O=C(C[C@H]1CCS(=O)(=O)C1)NNS(=O)(=O)c1ccc(Cl)cc1[N+](=O)[O-]. The van der Waals surface area contributed by atoms with Gasteiger partial charge in [-0.1, -0.05) is 11.6 Å². The molecule has 0 aliphatic carbocycles. The molecule has 2 rings (SSSR count). The number of nitrogens with zero attached hydrogens (tertiary/aromatic N) is 1. The molecule has 1 amide bonds. The topological polar surface area (TPSA) is 153 Å². The van der Waals surface area contributed by atoms with Crippen LogP contribution in [0.3, 0.4) is 0 Å². The Kier molecular flexibility index (Phi) is 5.66. The summed E-state index contributed by atoms with van der Waals surface area (Å²) in [6.45, 7) is 0. The number of hydrazine groups is 1. The van der Waals surface area contributed by atoms with Gasteiger partial charge in [0, 0.05) is 17.5 Å². The molecule has 0 saturated carbocycles. The van der Waals surface area contributed by atoms with Crippen LogP contribution in [0.2, 0.25) is 5.02 Å². The molecular formula is C12H14ClN3O7S2. The van der Waals surface area contributed by atoms with Gasteiger partial charge in [-0.2, -0.15) is 0 Å². The molecule has 1 aromatic carbocycles. The molecule has 1 atom stereocenters. The lowest BCUT2D eigenvalue weighted by molar-refractivity contribution is -0.387. The standard InChI is InChI=1S/C12H14ClN3O7S2/c13-9-1-2-11(10(6-9)16(18)19)25(22,23)15-14-12(17)5-8-3-4-24(20,21)7-8/h1-2,6,8,15H,3-5,7H2,(H,14,17)/t8-/m1/s1. The first kappa shape index (κ1) is 19.6. The van der Waals surface area contributed by atoms with Gasteiger partial charge >= 0.3 is 0 Å². The molecule has 1 aliphatic heterocycles. The number of sulfonamides is 1. The highest BCUT2D eigenvalue weighted by Gasteiger charge is 2.30. The molecule has 0 aromatic heterocycles. The van der Waals surface area contributed by atoms with Gasteiger partial charge in [0.2, 0.25) is 5.91 Å². The Hall–Kier alpha value is -1.76. The van der Waals surface area contributed by atoms with Crippen molar-refractivity contribution in [2.45, 2.75) is 17.7 Å². The lowest BCUT2D eigenvalue weighted by Crippen LogP contribution is -2.42. The summed E-state index contributed by atoms with van der Waals surface area (Å²) in [5.41, 5.74) is 1.19. The first-order valence-electron chi connectivity index (χ1n) is 6.95. The largest absolute Gasteiger partial charge is 0.290 e. The number of amides is 1. The molecule has 0 unspecified atom stereocenters. The smallest absolute Gasteiger partial charge is 0.278 e. The van der Waals surface area contributed by atoms with E-state index in [1.807, 2.05) is 5.43 Å². The number of nitro groups is 1. The normalized spacial score (nSPS) is 19.5. The van der Waals surface area contributed by atoms with E-state index in [9.17, 15) is 31.7 Å². The second kappa shape index (κ2) is 7.23. The van der Waals surface area contributed by atoms with E-state index in [4.69, 9.17) is 11.6 Å². The third kappa shape index (κ3) is 5.11. The van der Waals surface area contributed by atoms with Gasteiger partial charge < -0.3 is 0 Å². The fourth-order valence-electron chi connectivity index (χ4n) is 2.39. The highest BCUT2D eigenvalue weighted by Crippen LogP contribution is 2.27. The fourth-order valence-corrected chi connectivity index (χ4v) is 5.43. The van der Waals surface area contributed by atoms with E-state index in [-0.39, 0.29) is 28.9 Å². The Morgan fingerprint density at radius 2 is 2.08 bits per heavy atom. The zero-order chi connectivity index (χ0) is 18.8. The van der Waals surface area contributed by atoms with Gasteiger partial charge in [-0.05, 0) is 24.5 Å². The number of nitro benzene ring substituents is 1. The maximum absolute atomic E-state index is 12.1. The average Bonchev–Trinajstić information content (AvgIpc) is 2.83. The molecule has 10 nitrogen and oxygen atoms in total. The molecule has 138 valence electrons. The van der Waals surface area contributed by atoms with Gasteiger partial charge in [0.15, 0.2) is 14.7 Å². The summed E-state index contributed by atoms with van der Waals surface area (Å²) in [7, 11) is -7.56. The van der Waals surface area contributed by atoms with Crippen molar-refractivity contribution in [1.29, 1.82) is 0 Å². The Labute approximate surface area is 148 Å². The van der Waals surface area contributed by atoms with Crippen molar-refractivity contribution >= 4 is 43.1 Å². The van der Waals surface area contributed by atoms with Crippen LogP contribution in [-0.2, 0) is 24.7 Å². The van der Waals surface area contributed by atoms with Crippen LogP contribution in [0.1, 0.15) is 12.8 Å². The van der Waals surface area contributed by atoms with Crippen LogP contribution in [0.25, 0.3) is 0 Å². The summed E-state index contributed by atoms with van der Waals surface area (Å²) < 4.78 is 47.0. The van der Waals surface area contributed by atoms with E-state index in [2.05, 4.69) is 0 Å². The van der Waals surface area contributed by atoms with E-state index >= 15 is 0 Å². The predicted molar refractivity (Wildman–Crippen MR) is 87.9 cm³/mol. The minimum absolute atomic E-state index is 0.00631. The highest BCUT2D eigenvalue weighted by atomic mass is 35.5. The van der Waals surface area contributed by atoms with Gasteiger partial charge in [-0.15, -0.1) is 4.83 Å². The van der Waals surface area contributed by atoms with Crippen LogP contribution in [0.4, 0.5) is 5.69 Å². The summed E-state index contributed by atoms with van der Waals surface area (Å²) in [5.74, 6) is -1.26. The van der Waals surface area contributed by atoms with Crippen LogP contribution in [0.5, 0.6) is 0 Å². The molecule has 25 heavy (non-hydrogen) atoms. The first-order valence-corrected chi connectivity index (χ1v) is 10.6. The lowest BCUT2D eigenvalue weighted by Gasteiger charge is -2.11. The van der Waals surface area contributed by atoms with Crippen molar-refractivity contribution in [3.63, 3.8) is 0 Å². The lowest BCUT2D eigenvalue weighted by atomic mass is 10.1. The Balaban J connectivity index is 2.05. The summed E-state index contributed by atoms with van der Waals surface area (Å²) >= 11 is 5.62. The summed E-state index contributed by atoms with van der Waals surface area (Å²) in [4.78, 5) is 22.9. The van der Waals surface area contributed by atoms with Gasteiger partial charge in [-0.3, -0.25) is 20.3 Å². The molecule has 1 aliphatic rings. The molecule has 1 heterocycles. The van der Waals surface area contributed by atoms with Crippen LogP contribution in [0.15, 0.2) is 23.1 Å². The fraction of sp³-hybridized carbons (Fsp3) is 0.417. The van der Waals surface area contributed by atoms with E-state index in [0.717, 1.165) is 18.2 Å². The minimum Gasteiger partial charge on any atom is -0.278 e. The zero-order valence-corrected chi connectivity index (χ0v) is 15.0. The van der Waals surface area contributed by atoms with Crippen molar-refractivity contribution in [3.05, 3.63) is 33.3 Å². The monoisotopic (exact) mass is 411 g/mol. The van der Waals surface area contributed by atoms with Crippen LogP contribution >= 0.6 is 11.6 Å². The van der Waals surface area contributed by atoms with E-state index < -0.39 is 41.3 Å². The number of rotatable bonds is 6. The average molecular weight is 412 g/mol. The van der Waals surface area contributed by atoms with E-state index in [1.165, 1.54) is 0 Å². The molecular weight excluding hydrogens is 398 g/mol. The van der Waals surface area contributed by atoms with Gasteiger partial charge in [0.05, 0.1) is 16.4 Å². The van der Waals surface area contributed by atoms with Crippen molar-refractivity contribution in [1.82, 2.24) is 10.3 Å². The number of nitrogens with one attached hydrogen (secondary N) is 2. The summed E-state index contributed by atoms with van der Waals surface area (Å²) in [6.07, 6.45) is 0.148. The van der Waals surface area contributed by atoms with E-state index in [0.29, 0.717) is 6.42 Å². The summed E-state index contributed by atoms with van der Waals surface area (Å²) in [6, 6.07) is 2.98. The molecule has 2 N–H and O–H groups in total. The Morgan fingerprint density at radius 1 is 1.40 bits per heavy atom. The molecule has 1 aromatic rings. The summed E-state index contributed by atoms with van der Waals surface area (Å²) in [5, 5.41) is 10.9. The minimum atomic E-state index is -4.40. The van der Waals surface area contributed by atoms with Crippen LogP contribution in [0, 0.1) is 16.0 Å². The molecule has 0 radical (unpaired) electrons. The highest BCUT2D eigenvalue weighted by molar-refractivity contribution is 7.91. The van der Waals surface area contributed by atoms with Crippen LogP contribution in [-0.4, -0.2) is 39.2 Å². The predicted octanol–water partition coefficient (Wildman–Crippen LogP) is 0.383. The van der Waals surface area contributed by atoms with Crippen molar-refractivity contribution in [3.8, 4) is 0 Å². The molecule has 13 heteroatoms. The molecule has 0 bridgehead atoms. The zero-order valence-electron chi connectivity index (χ0n) is 12.6. The maximum Gasteiger partial charge on any atom is 0.290 e. The van der Waals surface area contributed by atoms with Crippen molar-refractivity contribution in [2.24, 2.45) is 5.92 Å². The number of hydrogen-bond acceptors (Lipinski definition) is 7. The quantitative estimate of drug-likeness (QED) is 0.506. The first-order chi connectivity index (χ1) is 11.5. The second-order valence-corrected chi connectivity index (χ2v) is 9.81. The number of carbonyl (C=O) groups excluding carboxylic acids is 1. The molecule has 1 saturated heterocycles. The van der Waals surface area contributed by atoms with Crippen molar-refractivity contribution < 1.29 is 26.6 Å². The van der Waals surface area contributed by atoms with Crippen LogP contribution < -0.4 is 10.3 Å². The number of halogens is 1. The number of hydrogen-bond donors (Lipinski definition) is 2. The van der Waals surface area contributed by atoms with E-state index in [1.54, 1.807) is 4.83 Å². The third-order valence-corrected chi connectivity index (χ3v) is 6.90. The Morgan fingerprint density at radius 3 is 2.64 bits per heavy atom. The van der Waals surface area contributed by atoms with Gasteiger partial charge in [0.25, 0.3) is 15.7 Å². The van der Waals surface area contributed by atoms with Gasteiger partial charge in [0.1, 0.15) is 0 Å². The Bertz CT molecular complexity index is 915. The third-order valence-electron chi connectivity index (χ3n) is 3.53. The number of benzene rings is 1. The second-order valence-electron chi connectivity index (χ2n) is 5.50. The van der Waals surface area contributed by atoms with Crippen molar-refractivity contribution in [2.75, 3.05) is 11.5 Å². The van der Waals surface area contributed by atoms with Gasteiger partial charge in [-0.25, -0.2) is 16.8 Å².